The highest BCUT2D eigenvalue weighted by atomic mass is 32.1. The minimum atomic E-state index is -0.210. The molecule has 4 aromatic rings. The van der Waals surface area contributed by atoms with Crippen LogP contribution in [0, 0.1) is 6.92 Å². The van der Waals surface area contributed by atoms with Gasteiger partial charge in [-0.25, -0.2) is 4.98 Å². The van der Waals surface area contributed by atoms with Crippen molar-refractivity contribution < 1.29 is 4.79 Å². The molecule has 3 aromatic carbocycles. The number of carbonyl (C=O) groups is 1. The lowest BCUT2D eigenvalue weighted by atomic mass is 10.2. The first-order valence-corrected chi connectivity index (χ1v) is 9.38. The molecule has 0 spiro atoms. The monoisotopic (exact) mass is 371 g/mol. The summed E-state index contributed by atoms with van der Waals surface area (Å²) in [6.07, 6.45) is 1.68. The first-order valence-electron chi connectivity index (χ1n) is 8.56. The zero-order chi connectivity index (χ0) is 18.6. The van der Waals surface area contributed by atoms with Crippen LogP contribution in [0.2, 0.25) is 0 Å². The smallest absolute Gasteiger partial charge is 0.267 e. The molecular formula is C22H17N3OS. The number of hydrogen-bond acceptors (Lipinski definition) is 4. The van der Waals surface area contributed by atoms with Crippen LogP contribution < -0.4 is 5.01 Å². The second-order valence-electron chi connectivity index (χ2n) is 6.11. The maximum atomic E-state index is 13.1. The number of nitrogens with zero attached hydrogens (tertiary/aromatic N) is 3. The van der Waals surface area contributed by atoms with E-state index in [1.807, 2.05) is 67.6 Å². The molecule has 0 N–H and O–H groups in total. The molecule has 1 amide bonds. The predicted octanol–water partition coefficient (Wildman–Crippen LogP) is 5.29. The molecule has 132 valence electrons. The first-order chi connectivity index (χ1) is 13.2. The van der Waals surface area contributed by atoms with Crippen LogP contribution in [-0.4, -0.2) is 17.1 Å². The van der Waals surface area contributed by atoms with E-state index in [2.05, 4.69) is 16.2 Å². The predicted molar refractivity (Wildman–Crippen MR) is 112 cm³/mol. The standard InChI is InChI=1S/C22H17N3OS/c1-16-12-13-19-20(14-16)27-22(24-19)25(21(26)18-10-6-3-7-11-18)23-15-17-8-4-2-5-9-17/h2-15H,1H3/b23-15+. The Morgan fingerprint density at radius 1 is 1.00 bits per heavy atom. The van der Waals surface area contributed by atoms with Gasteiger partial charge in [0, 0.05) is 5.56 Å². The van der Waals surface area contributed by atoms with Gasteiger partial charge in [0.2, 0.25) is 5.13 Å². The minimum absolute atomic E-state index is 0.210. The van der Waals surface area contributed by atoms with Crippen molar-refractivity contribution in [3.63, 3.8) is 0 Å². The van der Waals surface area contributed by atoms with Crippen molar-refractivity contribution in [1.29, 1.82) is 0 Å². The van der Waals surface area contributed by atoms with E-state index in [9.17, 15) is 4.79 Å². The quantitative estimate of drug-likeness (QED) is 0.362. The van der Waals surface area contributed by atoms with Gasteiger partial charge in [-0.1, -0.05) is 65.9 Å². The third kappa shape index (κ3) is 3.78. The van der Waals surface area contributed by atoms with Crippen molar-refractivity contribution in [2.75, 3.05) is 5.01 Å². The molecule has 0 bridgehead atoms. The lowest BCUT2D eigenvalue weighted by molar-refractivity contribution is 0.0988. The van der Waals surface area contributed by atoms with Gasteiger partial charge in [0.15, 0.2) is 0 Å². The average molecular weight is 371 g/mol. The third-order valence-electron chi connectivity index (χ3n) is 4.05. The number of benzene rings is 3. The SMILES string of the molecule is Cc1ccc2nc(N(/N=C/c3ccccc3)C(=O)c3ccccc3)sc2c1. The highest BCUT2D eigenvalue weighted by Gasteiger charge is 2.20. The van der Waals surface area contributed by atoms with Gasteiger partial charge >= 0.3 is 0 Å². The van der Waals surface area contributed by atoms with E-state index in [1.54, 1.807) is 18.3 Å². The van der Waals surface area contributed by atoms with Gasteiger partial charge in [0.05, 0.1) is 16.4 Å². The molecule has 0 aliphatic carbocycles. The summed E-state index contributed by atoms with van der Waals surface area (Å²) in [5, 5.41) is 6.39. The van der Waals surface area contributed by atoms with Gasteiger partial charge in [-0.3, -0.25) is 4.79 Å². The van der Waals surface area contributed by atoms with Crippen LogP contribution in [0.25, 0.3) is 10.2 Å². The fourth-order valence-electron chi connectivity index (χ4n) is 2.67. The Labute approximate surface area is 161 Å². The number of hydrazone groups is 1. The molecule has 1 heterocycles. The molecule has 0 radical (unpaired) electrons. The Bertz CT molecular complexity index is 1100. The van der Waals surface area contributed by atoms with Crippen LogP contribution in [0.3, 0.4) is 0 Å². The minimum Gasteiger partial charge on any atom is -0.267 e. The van der Waals surface area contributed by atoms with Crippen molar-refractivity contribution in [3.8, 4) is 0 Å². The van der Waals surface area contributed by atoms with Crippen molar-refractivity contribution >= 4 is 38.8 Å². The summed E-state index contributed by atoms with van der Waals surface area (Å²) < 4.78 is 1.03. The van der Waals surface area contributed by atoms with E-state index >= 15 is 0 Å². The Morgan fingerprint density at radius 3 is 2.44 bits per heavy atom. The summed E-state index contributed by atoms with van der Waals surface area (Å²) in [6.45, 7) is 2.04. The molecule has 0 aliphatic rings. The lowest BCUT2D eigenvalue weighted by Gasteiger charge is -2.13. The van der Waals surface area contributed by atoms with E-state index < -0.39 is 0 Å². The number of carbonyl (C=O) groups excluding carboxylic acids is 1. The van der Waals surface area contributed by atoms with Crippen LogP contribution in [-0.2, 0) is 0 Å². The fourth-order valence-corrected chi connectivity index (χ4v) is 3.69. The highest BCUT2D eigenvalue weighted by molar-refractivity contribution is 7.22. The van der Waals surface area contributed by atoms with E-state index in [4.69, 9.17) is 0 Å². The topological polar surface area (TPSA) is 45.6 Å². The van der Waals surface area contributed by atoms with Gasteiger partial charge in [-0.2, -0.15) is 10.1 Å². The van der Waals surface area contributed by atoms with E-state index in [1.165, 1.54) is 16.3 Å². The van der Waals surface area contributed by atoms with Crippen molar-refractivity contribution in [2.45, 2.75) is 6.92 Å². The zero-order valence-electron chi connectivity index (χ0n) is 14.7. The largest absolute Gasteiger partial charge is 0.280 e. The van der Waals surface area contributed by atoms with Gasteiger partial charge in [0.1, 0.15) is 0 Å². The number of aryl methyl sites for hydroxylation is 1. The molecule has 1 aromatic heterocycles. The number of fused-ring (bicyclic) bond motifs is 1. The lowest BCUT2D eigenvalue weighted by Crippen LogP contribution is -2.25. The molecule has 0 saturated heterocycles. The molecule has 4 rings (SSSR count). The number of amides is 1. The Kier molecular flexibility index (Phi) is 4.77. The molecule has 0 aliphatic heterocycles. The van der Waals surface area contributed by atoms with Crippen LogP contribution >= 0.6 is 11.3 Å². The van der Waals surface area contributed by atoms with Crippen LogP contribution in [0.1, 0.15) is 21.5 Å². The molecule has 0 saturated carbocycles. The van der Waals surface area contributed by atoms with Crippen LogP contribution in [0.4, 0.5) is 5.13 Å². The summed E-state index contributed by atoms with van der Waals surface area (Å²) in [7, 11) is 0. The number of anilines is 1. The van der Waals surface area contributed by atoms with E-state index in [-0.39, 0.29) is 5.91 Å². The molecule has 0 unspecified atom stereocenters. The second kappa shape index (κ2) is 7.51. The third-order valence-corrected chi connectivity index (χ3v) is 5.04. The van der Waals surface area contributed by atoms with E-state index in [0.717, 1.165) is 21.3 Å². The molecule has 4 nitrogen and oxygen atoms in total. The summed E-state index contributed by atoms with van der Waals surface area (Å²) in [4.78, 5) is 17.7. The van der Waals surface area contributed by atoms with Crippen molar-refractivity contribution in [3.05, 3.63) is 95.6 Å². The molecule has 0 fully saturated rings. The maximum Gasteiger partial charge on any atom is 0.280 e. The first kappa shape index (κ1) is 17.1. The number of thiazole rings is 1. The summed E-state index contributed by atoms with van der Waals surface area (Å²) in [5.74, 6) is -0.210. The molecule has 0 atom stereocenters. The van der Waals surface area contributed by atoms with Crippen molar-refractivity contribution in [2.24, 2.45) is 5.10 Å². The number of hydrogen-bond donors (Lipinski definition) is 0. The number of rotatable bonds is 4. The average Bonchev–Trinajstić information content (AvgIpc) is 3.12. The zero-order valence-corrected chi connectivity index (χ0v) is 15.6. The maximum absolute atomic E-state index is 13.1. The molecular weight excluding hydrogens is 354 g/mol. The Hall–Kier alpha value is -3.31. The second-order valence-corrected chi connectivity index (χ2v) is 7.11. The summed E-state index contributed by atoms with van der Waals surface area (Å²) >= 11 is 1.46. The fraction of sp³-hybridized carbons (Fsp3) is 0.0455. The van der Waals surface area contributed by atoms with Gasteiger partial charge < -0.3 is 0 Å². The summed E-state index contributed by atoms with van der Waals surface area (Å²) in [5.41, 5.74) is 3.51. The van der Waals surface area contributed by atoms with Crippen molar-refractivity contribution in [1.82, 2.24) is 4.98 Å². The molecule has 5 heteroatoms. The Balaban J connectivity index is 1.76. The van der Waals surface area contributed by atoms with Gasteiger partial charge in [-0.05, 0) is 42.3 Å². The Morgan fingerprint density at radius 2 is 1.70 bits per heavy atom. The van der Waals surface area contributed by atoms with Crippen LogP contribution in [0.15, 0.2) is 84.0 Å². The van der Waals surface area contributed by atoms with Gasteiger partial charge in [0.25, 0.3) is 5.91 Å². The van der Waals surface area contributed by atoms with Crippen LogP contribution in [0.5, 0.6) is 0 Å². The van der Waals surface area contributed by atoms with Gasteiger partial charge in [-0.15, -0.1) is 0 Å². The molecule has 27 heavy (non-hydrogen) atoms. The summed E-state index contributed by atoms with van der Waals surface area (Å²) in [6, 6.07) is 24.9. The normalized spacial score (nSPS) is 11.1. The highest BCUT2D eigenvalue weighted by Crippen LogP contribution is 2.30. The number of aromatic nitrogens is 1. The van der Waals surface area contributed by atoms with E-state index in [0.29, 0.717) is 10.7 Å².